The van der Waals surface area contributed by atoms with Crippen molar-refractivity contribution in [3.05, 3.63) is 41.5 Å². The minimum Gasteiger partial charge on any atom is -0.385 e. The molecule has 0 unspecified atom stereocenters. The number of nitrogens with one attached hydrogen (secondary N) is 1. The van der Waals surface area contributed by atoms with Crippen molar-refractivity contribution < 1.29 is 0 Å². The Labute approximate surface area is 113 Å². The van der Waals surface area contributed by atoms with Crippen molar-refractivity contribution in [1.82, 2.24) is 14.8 Å². The monoisotopic (exact) mass is 256 g/mol. The predicted molar refractivity (Wildman–Crippen MR) is 76.5 cm³/mol. The van der Waals surface area contributed by atoms with E-state index in [-0.39, 0.29) is 0 Å². The molecule has 2 aromatic rings. The van der Waals surface area contributed by atoms with Crippen molar-refractivity contribution in [2.45, 2.75) is 39.2 Å². The average molecular weight is 256 g/mol. The van der Waals surface area contributed by atoms with Crippen LogP contribution in [0.25, 0.3) is 0 Å². The summed E-state index contributed by atoms with van der Waals surface area (Å²) in [5.74, 6) is 1.04. The summed E-state index contributed by atoms with van der Waals surface area (Å²) >= 11 is 0. The van der Waals surface area contributed by atoms with Crippen LogP contribution in [-0.4, -0.2) is 21.3 Å². The summed E-state index contributed by atoms with van der Waals surface area (Å²) in [6.45, 7) is 5.34. The van der Waals surface area contributed by atoms with E-state index in [2.05, 4.69) is 47.4 Å². The van der Waals surface area contributed by atoms with Crippen LogP contribution in [-0.2, 0) is 12.8 Å². The molecule has 19 heavy (non-hydrogen) atoms. The highest BCUT2D eigenvalue weighted by atomic mass is 15.3. The van der Waals surface area contributed by atoms with E-state index in [1.54, 1.807) is 6.33 Å². The van der Waals surface area contributed by atoms with Gasteiger partial charge in [0.2, 0.25) is 0 Å². The van der Waals surface area contributed by atoms with Gasteiger partial charge in [0.1, 0.15) is 12.2 Å². The number of hydrogen-bond acceptors (Lipinski definition) is 3. The molecule has 1 aliphatic heterocycles. The van der Waals surface area contributed by atoms with Crippen LogP contribution in [0.1, 0.15) is 43.3 Å². The van der Waals surface area contributed by atoms with Crippen LogP contribution in [0.2, 0.25) is 0 Å². The Balaban J connectivity index is 1.93. The third kappa shape index (κ3) is 2.35. The van der Waals surface area contributed by atoms with Crippen LogP contribution >= 0.6 is 0 Å². The van der Waals surface area contributed by atoms with E-state index in [0.717, 1.165) is 18.8 Å². The molecule has 1 aliphatic rings. The van der Waals surface area contributed by atoms with Crippen LogP contribution in [0.5, 0.6) is 0 Å². The third-order valence-corrected chi connectivity index (χ3v) is 3.65. The van der Waals surface area contributed by atoms with Gasteiger partial charge in [-0.05, 0) is 37.8 Å². The zero-order chi connectivity index (χ0) is 13.2. The Kier molecular flexibility index (Phi) is 3.23. The van der Waals surface area contributed by atoms with Crippen LogP contribution in [0, 0.1) is 0 Å². The van der Waals surface area contributed by atoms with Gasteiger partial charge in [0.05, 0.1) is 0 Å². The molecule has 0 radical (unpaired) electrons. The second kappa shape index (κ2) is 5.03. The lowest BCUT2D eigenvalue weighted by molar-refractivity contribution is 0.510. The second-order valence-corrected chi connectivity index (χ2v) is 5.37. The maximum Gasteiger partial charge on any atom is 0.138 e. The number of aromatic nitrogens is 3. The topological polar surface area (TPSA) is 42.7 Å². The Morgan fingerprint density at radius 2 is 2.26 bits per heavy atom. The van der Waals surface area contributed by atoms with E-state index >= 15 is 0 Å². The number of aryl methyl sites for hydroxylation is 1. The van der Waals surface area contributed by atoms with E-state index in [9.17, 15) is 0 Å². The van der Waals surface area contributed by atoms with Gasteiger partial charge in [-0.3, -0.25) is 0 Å². The lowest BCUT2D eigenvalue weighted by atomic mass is 9.98. The summed E-state index contributed by atoms with van der Waals surface area (Å²) < 4.78 is 2.00. The maximum atomic E-state index is 4.41. The molecular formula is C15H20N4. The van der Waals surface area contributed by atoms with Gasteiger partial charge in [0.25, 0.3) is 0 Å². The highest BCUT2D eigenvalue weighted by Gasteiger charge is 2.15. The molecule has 1 N–H and O–H groups in total. The Hall–Kier alpha value is -1.84. The first kappa shape index (κ1) is 12.2. The van der Waals surface area contributed by atoms with Gasteiger partial charge in [0, 0.05) is 24.7 Å². The average Bonchev–Trinajstić information content (AvgIpc) is 2.87. The van der Waals surface area contributed by atoms with E-state index in [1.165, 1.54) is 29.7 Å². The molecule has 1 aromatic heterocycles. The number of anilines is 1. The lowest BCUT2D eigenvalue weighted by Gasteiger charge is -2.21. The molecule has 1 aromatic carbocycles. The fourth-order valence-corrected chi connectivity index (χ4v) is 2.73. The fraction of sp³-hybridized carbons (Fsp3) is 0.467. The Morgan fingerprint density at radius 1 is 1.37 bits per heavy atom. The molecule has 2 heterocycles. The van der Waals surface area contributed by atoms with Gasteiger partial charge in [0.15, 0.2) is 0 Å². The summed E-state index contributed by atoms with van der Waals surface area (Å²) in [5.41, 5.74) is 4.07. The van der Waals surface area contributed by atoms with Crippen molar-refractivity contribution >= 4 is 5.69 Å². The molecule has 0 amide bonds. The summed E-state index contributed by atoms with van der Waals surface area (Å²) in [6.07, 6.45) is 4.89. The predicted octanol–water partition coefficient (Wildman–Crippen LogP) is 2.81. The third-order valence-electron chi connectivity index (χ3n) is 3.65. The van der Waals surface area contributed by atoms with Crippen molar-refractivity contribution in [3.63, 3.8) is 0 Å². The smallest absolute Gasteiger partial charge is 0.138 e. The number of para-hydroxylation sites is 1. The van der Waals surface area contributed by atoms with Gasteiger partial charge in [-0.15, -0.1) is 0 Å². The molecule has 0 bridgehead atoms. The second-order valence-electron chi connectivity index (χ2n) is 5.37. The highest BCUT2D eigenvalue weighted by molar-refractivity contribution is 5.59. The molecule has 4 nitrogen and oxygen atoms in total. The number of benzene rings is 1. The zero-order valence-corrected chi connectivity index (χ0v) is 11.6. The Morgan fingerprint density at radius 3 is 3.11 bits per heavy atom. The first-order valence-electron chi connectivity index (χ1n) is 6.98. The zero-order valence-electron chi connectivity index (χ0n) is 11.6. The molecule has 0 aliphatic carbocycles. The van der Waals surface area contributed by atoms with Crippen molar-refractivity contribution in [1.29, 1.82) is 0 Å². The number of rotatable bonds is 3. The summed E-state index contributed by atoms with van der Waals surface area (Å²) in [5, 5.41) is 7.84. The van der Waals surface area contributed by atoms with Crippen molar-refractivity contribution in [2.24, 2.45) is 0 Å². The molecular weight excluding hydrogens is 236 g/mol. The fourth-order valence-electron chi connectivity index (χ4n) is 2.73. The normalized spacial score (nSPS) is 14.3. The molecule has 0 saturated carbocycles. The minimum absolute atomic E-state index is 0.352. The van der Waals surface area contributed by atoms with Gasteiger partial charge < -0.3 is 5.32 Å². The number of hydrogen-bond donors (Lipinski definition) is 1. The van der Waals surface area contributed by atoms with E-state index in [0.29, 0.717) is 6.04 Å². The van der Waals surface area contributed by atoms with Crippen LogP contribution < -0.4 is 5.32 Å². The van der Waals surface area contributed by atoms with Crippen molar-refractivity contribution in [3.8, 4) is 0 Å². The largest absolute Gasteiger partial charge is 0.385 e. The van der Waals surface area contributed by atoms with Gasteiger partial charge in [-0.2, -0.15) is 5.10 Å². The molecule has 0 atom stereocenters. The van der Waals surface area contributed by atoms with Crippen LogP contribution in [0.15, 0.2) is 24.5 Å². The van der Waals surface area contributed by atoms with Crippen molar-refractivity contribution in [2.75, 3.05) is 11.9 Å². The summed E-state index contributed by atoms with van der Waals surface area (Å²) in [7, 11) is 0. The first-order valence-corrected chi connectivity index (χ1v) is 6.98. The molecule has 3 rings (SSSR count). The molecule has 100 valence electrons. The van der Waals surface area contributed by atoms with Gasteiger partial charge >= 0.3 is 0 Å². The minimum atomic E-state index is 0.352. The SMILES string of the molecule is CC(C)n1ncnc1Cc1cccc2c1NCCC2. The lowest BCUT2D eigenvalue weighted by Crippen LogP contribution is -2.15. The van der Waals surface area contributed by atoms with Gasteiger partial charge in [-0.1, -0.05) is 18.2 Å². The quantitative estimate of drug-likeness (QED) is 0.918. The highest BCUT2D eigenvalue weighted by Crippen LogP contribution is 2.27. The first-order chi connectivity index (χ1) is 9.25. The van der Waals surface area contributed by atoms with Crippen LogP contribution in [0.3, 0.4) is 0 Å². The van der Waals surface area contributed by atoms with E-state index < -0.39 is 0 Å². The summed E-state index contributed by atoms with van der Waals surface area (Å²) in [6, 6.07) is 6.91. The Bertz CT molecular complexity index is 571. The van der Waals surface area contributed by atoms with Gasteiger partial charge in [-0.25, -0.2) is 9.67 Å². The van der Waals surface area contributed by atoms with Crippen LogP contribution in [0.4, 0.5) is 5.69 Å². The molecule has 4 heteroatoms. The van der Waals surface area contributed by atoms with E-state index in [1.807, 2.05) is 4.68 Å². The maximum absolute atomic E-state index is 4.41. The molecule has 0 spiro atoms. The van der Waals surface area contributed by atoms with E-state index in [4.69, 9.17) is 0 Å². The molecule has 0 fully saturated rings. The standard InChI is InChI=1S/C15H20N4/c1-11(2)19-14(17-10-18-19)9-13-6-3-5-12-7-4-8-16-15(12)13/h3,5-6,10-11,16H,4,7-9H2,1-2H3. The number of nitrogens with zero attached hydrogens (tertiary/aromatic N) is 3. The number of fused-ring (bicyclic) bond motifs is 1. The summed E-state index contributed by atoms with van der Waals surface area (Å²) in [4.78, 5) is 4.41. The molecule has 0 saturated heterocycles.